The summed E-state index contributed by atoms with van der Waals surface area (Å²) < 4.78 is 29.5. The maximum Gasteiger partial charge on any atom is 0.319 e. The summed E-state index contributed by atoms with van der Waals surface area (Å²) in [7, 11) is 0. The molecule has 2 N–H and O–H groups in total. The number of ether oxygens (including phenoxy) is 5. The number of fused-ring (bicyclic) bond motifs is 1. The molecule has 0 aromatic heterocycles. The van der Waals surface area contributed by atoms with Crippen LogP contribution >= 0.6 is 0 Å². The molecule has 9 heteroatoms. The Morgan fingerprint density at radius 2 is 1.79 bits per heavy atom. The first-order chi connectivity index (χ1) is 13.7. The van der Waals surface area contributed by atoms with Gasteiger partial charge in [0.25, 0.3) is 0 Å². The molecule has 9 nitrogen and oxygen atoms in total. The molecule has 1 aromatic carbocycles. The average molecular weight is 403 g/mol. The summed E-state index contributed by atoms with van der Waals surface area (Å²) in [6.45, 7) is 7.61. The molecule has 0 radical (unpaired) electrons. The Labute approximate surface area is 169 Å². The second kappa shape index (κ2) is 7.23. The fraction of sp³-hybridized carbons (Fsp3) is 0.600. The van der Waals surface area contributed by atoms with Gasteiger partial charge in [0.15, 0.2) is 17.9 Å². The molecule has 3 aliphatic heterocycles. The number of nitriles is 1. The van der Waals surface area contributed by atoms with Crippen LogP contribution in [-0.4, -0.2) is 54.9 Å². The third-order valence-corrected chi connectivity index (χ3v) is 5.05. The molecule has 4 rings (SSSR count). The zero-order valence-electron chi connectivity index (χ0n) is 16.8. The van der Waals surface area contributed by atoms with Crippen LogP contribution in [0, 0.1) is 11.3 Å². The van der Waals surface area contributed by atoms with E-state index in [0.29, 0.717) is 17.9 Å². The van der Waals surface area contributed by atoms with E-state index in [1.54, 1.807) is 38.1 Å². The Balaban J connectivity index is 1.47. The molecule has 3 aliphatic rings. The zero-order chi connectivity index (χ0) is 20.8. The van der Waals surface area contributed by atoms with Crippen LogP contribution in [0.15, 0.2) is 24.3 Å². The second-order valence-electron chi connectivity index (χ2n) is 8.25. The Morgan fingerprint density at radius 1 is 1.07 bits per heavy atom. The molecule has 3 fully saturated rings. The molecule has 2 amide bonds. The molecule has 0 bridgehead atoms. The van der Waals surface area contributed by atoms with Gasteiger partial charge in [0, 0.05) is 5.69 Å². The predicted molar refractivity (Wildman–Crippen MR) is 101 cm³/mol. The number of carbonyl (C=O) groups is 1. The fourth-order valence-corrected chi connectivity index (χ4v) is 3.84. The highest BCUT2D eigenvalue weighted by Crippen LogP contribution is 2.40. The molecule has 3 heterocycles. The maximum absolute atomic E-state index is 12.6. The quantitative estimate of drug-likeness (QED) is 0.795. The number of amides is 2. The molecule has 29 heavy (non-hydrogen) atoms. The minimum Gasteiger partial charge on any atom is -0.348 e. The highest BCUT2D eigenvalue weighted by Gasteiger charge is 2.58. The van der Waals surface area contributed by atoms with Crippen LogP contribution in [0.2, 0.25) is 0 Å². The van der Waals surface area contributed by atoms with Gasteiger partial charge in [-0.1, -0.05) is 0 Å². The molecule has 1 aromatic rings. The van der Waals surface area contributed by atoms with Crippen LogP contribution in [0.3, 0.4) is 0 Å². The van der Waals surface area contributed by atoms with Crippen LogP contribution in [0.25, 0.3) is 0 Å². The third kappa shape index (κ3) is 4.22. The molecule has 5 atom stereocenters. The summed E-state index contributed by atoms with van der Waals surface area (Å²) in [6, 6.07) is 7.73. The summed E-state index contributed by atoms with van der Waals surface area (Å²) in [5, 5.41) is 14.6. The normalized spacial score (nSPS) is 34.4. The number of rotatable bonds is 3. The van der Waals surface area contributed by atoms with Crippen molar-refractivity contribution in [3.05, 3.63) is 29.8 Å². The van der Waals surface area contributed by atoms with Crippen molar-refractivity contribution in [2.45, 2.75) is 69.9 Å². The van der Waals surface area contributed by atoms with E-state index in [1.165, 1.54) is 0 Å². The SMILES string of the molecule is CC1(C)O[C@H]2O[C@H]([C@H]3COC(C)(C)O3)[C@@H](NC(=O)Nc3ccc(C#N)cc3)[C@H]2O1. The number of carbonyl (C=O) groups excluding carboxylic acids is 1. The second-order valence-corrected chi connectivity index (χ2v) is 8.25. The lowest BCUT2D eigenvalue weighted by Crippen LogP contribution is -2.53. The fourth-order valence-electron chi connectivity index (χ4n) is 3.84. The third-order valence-electron chi connectivity index (χ3n) is 5.05. The van der Waals surface area contributed by atoms with Gasteiger partial charge in [0.1, 0.15) is 18.3 Å². The molecular weight excluding hydrogens is 378 g/mol. The zero-order valence-corrected chi connectivity index (χ0v) is 16.8. The highest BCUT2D eigenvalue weighted by molar-refractivity contribution is 5.89. The van der Waals surface area contributed by atoms with Gasteiger partial charge in [-0.05, 0) is 52.0 Å². The highest BCUT2D eigenvalue weighted by atomic mass is 16.8. The van der Waals surface area contributed by atoms with Gasteiger partial charge in [0.2, 0.25) is 0 Å². The molecule has 0 aliphatic carbocycles. The van der Waals surface area contributed by atoms with E-state index in [9.17, 15) is 4.79 Å². The van der Waals surface area contributed by atoms with E-state index in [1.807, 2.05) is 19.9 Å². The minimum atomic E-state index is -0.809. The van der Waals surface area contributed by atoms with Gasteiger partial charge in [-0.3, -0.25) is 0 Å². The average Bonchev–Trinajstić information content (AvgIpc) is 3.26. The van der Waals surface area contributed by atoms with E-state index in [2.05, 4.69) is 10.6 Å². The summed E-state index contributed by atoms with van der Waals surface area (Å²) in [6.07, 6.45) is -1.95. The monoisotopic (exact) mass is 403 g/mol. The summed E-state index contributed by atoms with van der Waals surface area (Å²) in [4.78, 5) is 12.6. The number of hydrogen-bond acceptors (Lipinski definition) is 7. The van der Waals surface area contributed by atoms with Crippen molar-refractivity contribution in [3.63, 3.8) is 0 Å². The van der Waals surface area contributed by atoms with E-state index in [-0.39, 0.29) is 6.10 Å². The van der Waals surface area contributed by atoms with Gasteiger partial charge in [-0.25, -0.2) is 4.79 Å². The van der Waals surface area contributed by atoms with Gasteiger partial charge in [-0.15, -0.1) is 0 Å². The van der Waals surface area contributed by atoms with E-state index in [0.717, 1.165) is 0 Å². The van der Waals surface area contributed by atoms with Crippen molar-refractivity contribution in [2.75, 3.05) is 11.9 Å². The molecule has 0 saturated carbocycles. The number of anilines is 1. The molecule has 156 valence electrons. The topological polar surface area (TPSA) is 111 Å². The molecule has 3 saturated heterocycles. The van der Waals surface area contributed by atoms with Gasteiger partial charge >= 0.3 is 6.03 Å². The first kappa shape index (κ1) is 20.1. The number of nitrogens with one attached hydrogen (secondary N) is 2. The standard InChI is InChI=1S/C20H25N3O6/c1-19(2)25-10-13(27-19)15-14(16-17(26-15)29-20(3,4)28-16)23-18(24)22-12-7-5-11(9-21)6-8-12/h5-8,13-17H,10H2,1-4H3,(H2,22,23,24)/t13-,14-,15-,16-,17-/m1/s1. The molecule has 0 spiro atoms. The van der Waals surface area contributed by atoms with E-state index >= 15 is 0 Å². The van der Waals surface area contributed by atoms with Crippen LogP contribution in [0.4, 0.5) is 10.5 Å². The van der Waals surface area contributed by atoms with Crippen LogP contribution in [-0.2, 0) is 23.7 Å². The van der Waals surface area contributed by atoms with Gasteiger partial charge in [-0.2, -0.15) is 5.26 Å². The van der Waals surface area contributed by atoms with Crippen molar-refractivity contribution in [3.8, 4) is 6.07 Å². The van der Waals surface area contributed by atoms with Crippen molar-refractivity contribution < 1.29 is 28.5 Å². The summed E-state index contributed by atoms with van der Waals surface area (Å²) >= 11 is 0. The Kier molecular flexibility index (Phi) is 5.01. The van der Waals surface area contributed by atoms with E-state index in [4.69, 9.17) is 28.9 Å². The predicted octanol–water partition coefficient (Wildman–Crippen LogP) is 2.08. The lowest BCUT2D eigenvalue weighted by molar-refractivity contribution is -0.223. The van der Waals surface area contributed by atoms with Gasteiger partial charge in [0.05, 0.1) is 24.3 Å². The Morgan fingerprint density at radius 3 is 2.41 bits per heavy atom. The van der Waals surface area contributed by atoms with Crippen molar-refractivity contribution in [1.29, 1.82) is 5.26 Å². The summed E-state index contributed by atoms with van der Waals surface area (Å²) in [5.41, 5.74) is 1.09. The Bertz CT molecular complexity index is 819. The van der Waals surface area contributed by atoms with Gasteiger partial charge < -0.3 is 34.3 Å². The Hall–Kier alpha value is -2.22. The van der Waals surface area contributed by atoms with Crippen LogP contribution < -0.4 is 10.6 Å². The first-order valence-corrected chi connectivity index (χ1v) is 9.56. The van der Waals surface area contributed by atoms with Crippen LogP contribution in [0.5, 0.6) is 0 Å². The van der Waals surface area contributed by atoms with Crippen molar-refractivity contribution >= 4 is 11.7 Å². The lowest BCUT2D eigenvalue weighted by Gasteiger charge is -2.29. The van der Waals surface area contributed by atoms with Crippen LogP contribution in [0.1, 0.15) is 33.3 Å². The molecule has 0 unspecified atom stereocenters. The van der Waals surface area contributed by atoms with E-state index < -0.39 is 42.1 Å². The van der Waals surface area contributed by atoms with Crippen molar-refractivity contribution in [2.24, 2.45) is 0 Å². The maximum atomic E-state index is 12.6. The smallest absolute Gasteiger partial charge is 0.319 e. The first-order valence-electron chi connectivity index (χ1n) is 9.56. The molecular formula is C20H25N3O6. The number of urea groups is 1. The minimum absolute atomic E-state index is 0.343. The number of benzene rings is 1. The van der Waals surface area contributed by atoms with Crippen molar-refractivity contribution in [1.82, 2.24) is 5.32 Å². The lowest BCUT2D eigenvalue weighted by atomic mass is 10.0. The summed E-state index contributed by atoms with van der Waals surface area (Å²) in [5.74, 6) is -1.53. The largest absolute Gasteiger partial charge is 0.348 e. The number of nitrogens with zero attached hydrogens (tertiary/aromatic N) is 1. The number of hydrogen-bond donors (Lipinski definition) is 2.